The zero-order valence-corrected chi connectivity index (χ0v) is 74.5. The van der Waals surface area contributed by atoms with Gasteiger partial charge in [-0.05, 0) is 79.4 Å². The van der Waals surface area contributed by atoms with Gasteiger partial charge in [0, 0.05) is 120 Å². The summed E-state index contributed by atoms with van der Waals surface area (Å²) in [5.74, 6) is 0.452. The summed E-state index contributed by atoms with van der Waals surface area (Å²) in [6.45, 7) is 17.6. The first-order valence-corrected chi connectivity index (χ1v) is 39.6. The van der Waals surface area contributed by atoms with Crippen LogP contribution in [0.5, 0.6) is 0 Å². The number of benzene rings is 9. The molecule has 9 aromatic carbocycles. The van der Waals surface area contributed by atoms with Crippen LogP contribution in [0.2, 0.25) is 0 Å². The number of aliphatic hydroxyl groups excluding tert-OH is 6. The molecule has 0 amide bonds. The third-order valence-electron chi connectivity index (χ3n) is 19.3. The summed E-state index contributed by atoms with van der Waals surface area (Å²) in [7, 11) is 0. The van der Waals surface area contributed by atoms with Crippen molar-refractivity contribution < 1.29 is 91.9 Å². The van der Waals surface area contributed by atoms with Crippen molar-refractivity contribution in [3.8, 4) is 101 Å². The largest absolute Gasteiger partial charge is 0.393 e. The first kappa shape index (κ1) is 96.5. The molecule has 6 atom stereocenters. The maximum atomic E-state index is 9.76. The van der Waals surface area contributed by atoms with Crippen molar-refractivity contribution in [3.05, 3.63) is 292 Å². The number of aromatic nitrogens is 6. The van der Waals surface area contributed by atoms with Gasteiger partial charge in [0.15, 0.2) is 0 Å². The molecule has 3 heterocycles. The van der Waals surface area contributed by atoms with Crippen molar-refractivity contribution in [2.75, 3.05) is 0 Å². The van der Waals surface area contributed by atoms with E-state index in [0.29, 0.717) is 25.2 Å². The van der Waals surface area contributed by atoms with E-state index in [1.165, 1.54) is 51.4 Å². The van der Waals surface area contributed by atoms with Crippen molar-refractivity contribution in [3.63, 3.8) is 0 Å². The molecule has 15 heteroatoms. The summed E-state index contributed by atoms with van der Waals surface area (Å²) < 4.78 is 0. The molecular formula is C99H115Ir2N6O6Pt-3. The quantitative estimate of drug-likeness (QED) is 0.0262. The summed E-state index contributed by atoms with van der Waals surface area (Å²) in [5, 5.41) is 56.8. The molecule has 12 aromatic rings. The zero-order valence-electron chi connectivity index (χ0n) is 67.5. The van der Waals surface area contributed by atoms with Crippen LogP contribution in [0, 0.1) is 34.9 Å². The fraction of sp³-hybridized carbons (Fsp3) is 0.333. The van der Waals surface area contributed by atoms with Crippen molar-refractivity contribution in [1.82, 2.24) is 29.9 Å². The molecular weight excluding hydrogens is 1950 g/mol. The molecule has 0 aliphatic heterocycles. The van der Waals surface area contributed by atoms with Gasteiger partial charge < -0.3 is 45.6 Å². The first-order valence-electron chi connectivity index (χ1n) is 39.6. The molecule has 114 heavy (non-hydrogen) atoms. The third-order valence-corrected chi connectivity index (χ3v) is 19.3. The summed E-state index contributed by atoms with van der Waals surface area (Å²) in [6, 6.07) is 94.2. The summed E-state index contributed by atoms with van der Waals surface area (Å²) in [5.41, 5.74) is 16.7. The van der Waals surface area contributed by atoms with Gasteiger partial charge in [0.2, 0.25) is 0 Å². The maximum absolute atomic E-state index is 9.76. The smallest absolute Gasteiger partial charge is 0.0873 e. The average molecular weight is 2060 g/mol. The molecule has 1 fully saturated rings. The van der Waals surface area contributed by atoms with E-state index < -0.39 is 12.2 Å². The van der Waals surface area contributed by atoms with Crippen LogP contribution in [0.15, 0.2) is 273 Å². The van der Waals surface area contributed by atoms with Crippen LogP contribution in [-0.2, 0) is 61.3 Å². The van der Waals surface area contributed by atoms with Gasteiger partial charge in [0.05, 0.1) is 70.8 Å². The molecule has 6 unspecified atom stereocenters. The predicted octanol–water partition coefficient (Wildman–Crippen LogP) is 22.6. The molecule has 12 nitrogen and oxygen atoms in total. The van der Waals surface area contributed by atoms with E-state index in [0.717, 1.165) is 127 Å². The van der Waals surface area contributed by atoms with Gasteiger partial charge in [0.1, 0.15) is 0 Å². The van der Waals surface area contributed by atoms with E-state index in [1.54, 1.807) is 13.8 Å². The zero-order chi connectivity index (χ0) is 79.2. The Hall–Kier alpha value is -8.03. The molecule has 0 saturated heterocycles. The Balaban J connectivity index is 0.000000249. The second-order valence-corrected chi connectivity index (χ2v) is 30.7. The molecule has 3 aromatic heterocycles. The van der Waals surface area contributed by atoms with Crippen molar-refractivity contribution in [2.24, 2.45) is 16.7 Å². The Morgan fingerprint density at radius 3 is 0.921 bits per heavy atom. The van der Waals surface area contributed by atoms with E-state index in [2.05, 4.69) is 61.5 Å². The van der Waals surface area contributed by atoms with Crippen LogP contribution in [0.25, 0.3) is 101 Å². The van der Waals surface area contributed by atoms with E-state index in [9.17, 15) is 20.4 Å². The Morgan fingerprint density at radius 1 is 0.351 bits per heavy atom. The minimum Gasteiger partial charge on any atom is -0.393 e. The fourth-order valence-electron chi connectivity index (χ4n) is 12.7. The van der Waals surface area contributed by atoms with Gasteiger partial charge in [-0.2, -0.15) is 0 Å². The van der Waals surface area contributed by atoms with Gasteiger partial charge in [-0.15, -0.1) is 108 Å². The van der Waals surface area contributed by atoms with E-state index in [-0.39, 0.29) is 96.5 Å². The Morgan fingerprint density at radius 2 is 0.640 bits per heavy atom. The molecule has 6 N–H and O–H groups in total. The standard InChI is InChI=1S/3C22H15N2.C12H26O2.C11H24O2.C10H20O2.2Ir.Pt/c3*1-4-10-17(11-5-1)20-16-23-21(18-12-6-2-7-13-18)22(24-20)19-14-8-3-9-15-19;1-3-4-5-6-7-8-9-12(14)10-11(2)13;1-10(2,3)8(12)7-9(13)11(4,5)6;1-8(11)7-10(12)9-5-3-2-4-6-9;;;/h3*1-12,14-16H;11-14H,3-10H2,1-2H3;8-9,12-13H,7H2,1-6H3;8-12H,2-7H2,1H3;;;/q3*-1;;;;;;. The van der Waals surface area contributed by atoms with Crippen LogP contribution in [0.1, 0.15) is 159 Å². The number of hydrogen-bond donors (Lipinski definition) is 6. The molecule has 1 aliphatic carbocycles. The monoisotopic (exact) mass is 2060 g/mol. The molecule has 13 rings (SSSR count). The molecule has 0 bridgehead atoms. The molecule has 2 radical (unpaired) electrons. The number of unbranched alkanes of at least 4 members (excludes halogenated alkanes) is 5. The van der Waals surface area contributed by atoms with Gasteiger partial charge >= 0.3 is 0 Å². The normalized spacial score (nSPS) is 13.3. The SMILES string of the molecule is CC(C)(C)C(O)CC(O)C(C)(C)C.CC(O)CC(O)C1CCCCC1.CCCCCCCCC(O)CC(C)O.[Ir].[Ir].[Pt].[c-]1ccccc1-c1ncc(-c2ccccc2)nc1-c1ccccc1.[c-]1ccccc1-c1ncc(-c2ccccc2)nc1-c1ccccc1.[c-]1ccccc1-c1ncc(-c2ccccc2)nc1-c1ccccc1. The van der Waals surface area contributed by atoms with E-state index in [1.807, 2.05) is 279 Å². The second kappa shape index (κ2) is 51.8. The topological polar surface area (TPSA) is 199 Å². The Labute approximate surface area is 721 Å². The minimum absolute atomic E-state index is 0. The van der Waals surface area contributed by atoms with Crippen LogP contribution in [-0.4, -0.2) is 97.2 Å². The number of aliphatic hydroxyl groups is 6. The summed E-state index contributed by atoms with van der Waals surface area (Å²) >= 11 is 0. The van der Waals surface area contributed by atoms with Crippen LogP contribution in [0.3, 0.4) is 0 Å². The number of hydrogen-bond acceptors (Lipinski definition) is 12. The molecule has 1 aliphatic rings. The van der Waals surface area contributed by atoms with Crippen molar-refractivity contribution in [1.29, 1.82) is 0 Å². The van der Waals surface area contributed by atoms with Crippen LogP contribution in [0.4, 0.5) is 0 Å². The second-order valence-electron chi connectivity index (χ2n) is 30.7. The van der Waals surface area contributed by atoms with Gasteiger partial charge in [-0.1, -0.05) is 288 Å². The molecule has 0 spiro atoms. The fourth-order valence-corrected chi connectivity index (χ4v) is 12.7. The van der Waals surface area contributed by atoms with E-state index >= 15 is 0 Å². The Bertz CT molecular complexity index is 4110. The van der Waals surface area contributed by atoms with Crippen LogP contribution < -0.4 is 0 Å². The van der Waals surface area contributed by atoms with Crippen molar-refractivity contribution >= 4 is 0 Å². The summed E-state index contributed by atoms with van der Waals surface area (Å²) in [6.07, 6.45) is 19.3. The number of rotatable bonds is 23. The van der Waals surface area contributed by atoms with Gasteiger partial charge in [0.25, 0.3) is 0 Å². The van der Waals surface area contributed by atoms with Crippen LogP contribution >= 0.6 is 0 Å². The Kier molecular flexibility index (Phi) is 43.9. The van der Waals surface area contributed by atoms with Gasteiger partial charge in [-0.3, -0.25) is 15.0 Å². The predicted molar refractivity (Wildman–Crippen MR) is 456 cm³/mol. The van der Waals surface area contributed by atoms with Gasteiger partial charge in [-0.25, -0.2) is 0 Å². The maximum Gasteiger partial charge on any atom is 0.0873 e. The average Bonchev–Trinajstić information content (AvgIpc) is 0.808. The van der Waals surface area contributed by atoms with E-state index in [4.69, 9.17) is 40.1 Å². The third kappa shape index (κ3) is 32.9. The number of nitrogens with zero attached hydrogens (tertiary/aromatic N) is 6. The molecule has 1 saturated carbocycles. The molecule has 608 valence electrons. The van der Waals surface area contributed by atoms with Crippen molar-refractivity contribution in [2.45, 2.75) is 195 Å². The first-order chi connectivity index (χ1) is 53.7. The minimum atomic E-state index is -0.443. The summed E-state index contributed by atoms with van der Waals surface area (Å²) in [4.78, 5) is 28.8.